The van der Waals surface area contributed by atoms with Gasteiger partial charge >= 0.3 is 5.97 Å². The first kappa shape index (κ1) is 21.9. The number of likely N-dealkylation sites (tertiary alicyclic amines) is 1. The van der Waals surface area contributed by atoms with Gasteiger partial charge in [-0.2, -0.15) is 5.10 Å². The number of carbonyl (C=O) groups is 1. The number of alkyl halides is 2. The Labute approximate surface area is 185 Å². The minimum atomic E-state index is -2.55. The van der Waals surface area contributed by atoms with E-state index in [9.17, 15) is 13.6 Å². The smallest absolute Gasteiger partial charge is 0.340 e. The Hall–Kier alpha value is -3.33. The van der Waals surface area contributed by atoms with Crippen LogP contribution in [0.1, 0.15) is 23.2 Å². The average Bonchev–Trinajstić information content (AvgIpc) is 3.21. The van der Waals surface area contributed by atoms with Gasteiger partial charge in [-0.3, -0.25) is 9.67 Å². The van der Waals surface area contributed by atoms with E-state index in [0.717, 1.165) is 11.3 Å². The van der Waals surface area contributed by atoms with Crippen LogP contribution >= 0.6 is 0 Å². The van der Waals surface area contributed by atoms with Crippen molar-refractivity contribution in [3.8, 4) is 11.3 Å². The van der Waals surface area contributed by atoms with Crippen molar-refractivity contribution in [1.82, 2.24) is 19.7 Å². The molecule has 9 heteroatoms. The third kappa shape index (κ3) is 5.11. The molecule has 0 radical (unpaired) electrons. The lowest BCUT2D eigenvalue weighted by atomic mass is 10.1. The number of pyridine rings is 1. The quantitative estimate of drug-likeness (QED) is 0.554. The highest BCUT2D eigenvalue weighted by Crippen LogP contribution is 2.31. The lowest BCUT2D eigenvalue weighted by Crippen LogP contribution is -2.40. The van der Waals surface area contributed by atoms with Gasteiger partial charge in [0.25, 0.3) is 5.92 Å². The van der Waals surface area contributed by atoms with Crippen LogP contribution in [0.15, 0.2) is 55.0 Å². The summed E-state index contributed by atoms with van der Waals surface area (Å²) >= 11 is 0. The van der Waals surface area contributed by atoms with E-state index in [1.165, 1.54) is 13.3 Å². The highest BCUT2D eigenvalue weighted by atomic mass is 19.3. The number of esters is 1. The molecule has 0 atom stereocenters. The Balaban J connectivity index is 1.57. The van der Waals surface area contributed by atoms with Crippen molar-refractivity contribution < 1.29 is 18.3 Å². The minimum absolute atomic E-state index is 0.106. The van der Waals surface area contributed by atoms with Crippen LogP contribution in [-0.4, -0.2) is 58.3 Å². The van der Waals surface area contributed by atoms with E-state index in [4.69, 9.17) is 9.84 Å². The van der Waals surface area contributed by atoms with Gasteiger partial charge in [0.05, 0.1) is 36.8 Å². The van der Waals surface area contributed by atoms with Crippen molar-refractivity contribution in [3.63, 3.8) is 0 Å². The number of carbonyl (C=O) groups excluding carboxylic acids is 1. The average molecular weight is 441 g/mol. The highest BCUT2D eigenvalue weighted by Gasteiger charge is 2.33. The zero-order chi connectivity index (χ0) is 22.6. The number of hydrogen-bond acceptors (Lipinski definition) is 6. The van der Waals surface area contributed by atoms with E-state index in [-0.39, 0.29) is 12.8 Å². The molecule has 0 amide bonds. The molecule has 32 heavy (non-hydrogen) atoms. The Morgan fingerprint density at radius 3 is 2.59 bits per heavy atom. The zero-order valence-corrected chi connectivity index (χ0v) is 17.8. The van der Waals surface area contributed by atoms with Crippen LogP contribution in [0.4, 0.5) is 20.2 Å². The summed E-state index contributed by atoms with van der Waals surface area (Å²) in [6.45, 7) is 1.95. The normalized spacial score (nSPS) is 16.0. The van der Waals surface area contributed by atoms with Crippen LogP contribution in [-0.2, 0) is 11.3 Å². The molecule has 0 bridgehead atoms. The number of piperidine rings is 1. The van der Waals surface area contributed by atoms with Gasteiger partial charge in [0, 0.05) is 50.4 Å². The van der Waals surface area contributed by atoms with Gasteiger partial charge in [0.15, 0.2) is 0 Å². The summed E-state index contributed by atoms with van der Waals surface area (Å²) in [7, 11) is 1.33. The summed E-state index contributed by atoms with van der Waals surface area (Å²) < 4.78 is 33.5. The summed E-state index contributed by atoms with van der Waals surface area (Å²) in [5, 5.41) is 7.99. The van der Waals surface area contributed by atoms with Gasteiger partial charge in [-0.05, 0) is 6.07 Å². The predicted octanol–water partition coefficient (Wildman–Crippen LogP) is 4.21. The van der Waals surface area contributed by atoms with Crippen molar-refractivity contribution in [1.29, 1.82) is 0 Å². The first-order valence-electron chi connectivity index (χ1n) is 10.5. The fourth-order valence-electron chi connectivity index (χ4n) is 3.71. The first-order valence-corrected chi connectivity index (χ1v) is 10.5. The molecule has 1 N–H and O–H groups in total. The van der Waals surface area contributed by atoms with Gasteiger partial charge in [0.1, 0.15) is 5.69 Å². The van der Waals surface area contributed by atoms with Crippen LogP contribution in [0.2, 0.25) is 0 Å². The lowest BCUT2D eigenvalue weighted by molar-refractivity contribution is -0.0555. The number of nitrogens with one attached hydrogen (secondary N) is 1. The van der Waals surface area contributed by atoms with Crippen molar-refractivity contribution in [3.05, 3.63) is 60.6 Å². The molecule has 7 nitrogen and oxygen atoms in total. The van der Waals surface area contributed by atoms with Crippen LogP contribution in [0.5, 0.6) is 0 Å². The number of ether oxygens (including phenoxy) is 1. The Bertz CT molecular complexity index is 1060. The van der Waals surface area contributed by atoms with Crippen LogP contribution < -0.4 is 5.32 Å². The van der Waals surface area contributed by atoms with E-state index in [1.807, 2.05) is 41.4 Å². The largest absolute Gasteiger partial charge is 0.465 e. The fraction of sp³-hybridized carbons (Fsp3) is 0.348. The van der Waals surface area contributed by atoms with Gasteiger partial charge in [-0.25, -0.2) is 13.6 Å². The summed E-state index contributed by atoms with van der Waals surface area (Å²) in [5.74, 6) is -3.02. The molecule has 168 valence electrons. The Morgan fingerprint density at radius 1 is 1.12 bits per heavy atom. The number of nitrogens with zero attached hydrogens (tertiary/aromatic N) is 4. The van der Waals surface area contributed by atoms with Crippen molar-refractivity contribution in [2.75, 3.05) is 32.1 Å². The van der Waals surface area contributed by atoms with Crippen molar-refractivity contribution in [2.24, 2.45) is 0 Å². The molecule has 4 rings (SSSR count). The molecular weight excluding hydrogens is 416 g/mol. The second-order valence-corrected chi connectivity index (χ2v) is 7.76. The fourth-order valence-corrected chi connectivity index (χ4v) is 3.71. The summed E-state index contributed by atoms with van der Waals surface area (Å²) in [6.07, 6.45) is 4.74. The highest BCUT2D eigenvalue weighted by molar-refractivity contribution is 5.96. The van der Waals surface area contributed by atoms with Crippen LogP contribution in [0, 0.1) is 0 Å². The van der Waals surface area contributed by atoms with E-state index in [0.29, 0.717) is 43.1 Å². The number of anilines is 2. The summed E-state index contributed by atoms with van der Waals surface area (Å²) in [6, 6.07) is 11.3. The molecule has 0 unspecified atom stereocenters. The number of halogens is 2. The van der Waals surface area contributed by atoms with Gasteiger partial charge in [-0.15, -0.1) is 0 Å². The van der Waals surface area contributed by atoms with Crippen molar-refractivity contribution in [2.45, 2.75) is 25.3 Å². The van der Waals surface area contributed by atoms with E-state index in [2.05, 4.69) is 10.3 Å². The molecule has 1 saturated heterocycles. The maximum Gasteiger partial charge on any atom is 0.340 e. The second-order valence-electron chi connectivity index (χ2n) is 7.76. The van der Waals surface area contributed by atoms with Gasteiger partial charge < -0.3 is 15.0 Å². The molecule has 0 aliphatic carbocycles. The first-order chi connectivity index (χ1) is 15.4. The van der Waals surface area contributed by atoms with E-state index < -0.39 is 11.9 Å². The SMILES string of the molecule is COC(=O)c1ccncc1Nc1cn(CCN2CCC(F)(F)CC2)nc1-c1ccccc1. The summed E-state index contributed by atoms with van der Waals surface area (Å²) in [5.41, 5.74) is 3.21. The molecule has 3 aromatic rings. The lowest BCUT2D eigenvalue weighted by Gasteiger charge is -2.31. The Kier molecular flexibility index (Phi) is 6.45. The third-order valence-corrected chi connectivity index (χ3v) is 5.54. The molecule has 1 aromatic carbocycles. The van der Waals surface area contributed by atoms with E-state index in [1.54, 1.807) is 16.9 Å². The molecule has 1 fully saturated rings. The minimum Gasteiger partial charge on any atom is -0.465 e. The zero-order valence-electron chi connectivity index (χ0n) is 17.8. The third-order valence-electron chi connectivity index (χ3n) is 5.54. The monoisotopic (exact) mass is 441 g/mol. The molecular formula is C23H25F2N5O2. The number of benzene rings is 1. The molecule has 3 heterocycles. The maximum atomic E-state index is 13.4. The standard InChI is InChI=1S/C23H25F2N5O2/c1-32-22(31)18-7-10-26-15-19(18)27-20-16-30(28-21(20)17-5-3-2-4-6-17)14-13-29-11-8-23(24,25)9-12-29/h2-7,10,15-16,27H,8-9,11-14H2,1H3. The molecule has 0 spiro atoms. The van der Waals surface area contributed by atoms with Crippen LogP contribution in [0.25, 0.3) is 11.3 Å². The molecule has 1 aliphatic heterocycles. The number of aromatic nitrogens is 3. The van der Waals surface area contributed by atoms with Crippen molar-refractivity contribution >= 4 is 17.3 Å². The number of methoxy groups -OCH3 is 1. The molecule has 0 saturated carbocycles. The topological polar surface area (TPSA) is 72.3 Å². The van der Waals surface area contributed by atoms with E-state index >= 15 is 0 Å². The Morgan fingerprint density at radius 2 is 1.88 bits per heavy atom. The predicted molar refractivity (Wildman–Crippen MR) is 117 cm³/mol. The number of rotatable bonds is 7. The van der Waals surface area contributed by atoms with Gasteiger partial charge in [0.2, 0.25) is 0 Å². The maximum absolute atomic E-state index is 13.4. The molecule has 1 aliphatic rings. The number of hydrogen-bond donors (Lipinski definition) is 1. The van der Waals surface area contributed by atoms with Gasteiger partial charge in [-0.1, -0.05) is 30.3 Å². The molecule has 2 aromatic heterocycles. The van der Waals surface area contributed by atoms with Crippen LogP contribution in [0.3, 0.4) is 0 Å². The second kappa shape index (κ2) is 9.44. The summed E-state index contributed by atoms with van der Waals surface area (Å²) in [4.78, 5) is 18.3.